The van der Waals surface area contributed by atoms with E-state index in [1.54, 1.807) is 0 Å². The van der Waals surface area contributed by atoms with Gasteiger partial charge in [-0.3, -0.25) is 4.79 Å². The highest BCUT2D eigenvalue weighted by molar-refractivity contribution is 6.30. The molecular formula is C18H19ClN2O. The molecule has 3 rings (SSSR count). The van der Waals surface area contributed by atoms with Gasteiger partial charge in [0.15, 0.2) is 0 Å². The molecule has 0 saturated carbocycles. The topological polar surface area (TPSA) is 32.3 Å². The lowest BCUT2D eigenvalue weighted by molar-refractivity contribution is 0.0680. The predicted octanol–water partition coefficient (Wildman–Crippen LogP) is 4.71. The monoisotopic (exact) mass is 314 g/mol. The lowest BCUT2D eigenvalue weighted by Crippen LogP contribution is -2.43. The second kappa shape index (κ2) is 6.41. The third-order valence-electron chi connectivity index (χ3n) is 3.96. The number of benzene rings is 2. The fourth-order valence-corrected chi connectivity index (χ4v) is 2.89. The quantitative estimate of drug-likeness (QED) is 0.886. The smallest absolute Gasteiger partial charge is 0.257 e. The molecule has 114 valence electrons. The molecule has 22 heavy (non-hydrogen) atoms. The molecule has 1 aliphatic rings. The summed E-state index contributed by atoms with van der Waals surface area (Å²) in [6, 6.07) is 15.3. The Morgan fingerprint density at radius 1 is 1.14 bits per heavy atom. The first kappa shape index (κ1) is 14.9. The van der Waals surface area contributed by atoms with Crippen molar-refractivity contribution in [3.05, 3.63) is 64.7 Å². The van der Waals surface area contributed by atoms with Gasteiger partial charge in [0.2, 0.25) is 0 Å². The molecule has 2 aromatic carbocycles. The lowest BCUT2D eigenvalue weighted by atomic mass is 10.0. The summed E-state index contributed by atoms with van der Waals surface area (Å²) in [5.74, 6) is 0.0859. The van der Waals surface area contributed by atoms with Crippen LogP contribution in [0.3, 0.4) is 0 Å². The molecule has 1 heterocycles. The van der Waals surface area contributed by atoms with E-state index in [4.69, 9.17) is 11.6 Å². The standard InChI is InChI=1S/C18H19ClN2O/c1-2-3-12-21-17(13-8-10-14(19)11-9-13)20-16-7-5-4-6-15(16)18(21)22/h4-11,17,20H,2-3,12H2,1H3. The van der Waals surface area contributed by atoms with E-state index in [9.17, 15) is 4.79 Å². The van der Waals surface area contributed by atoms with Gasteiger partial charge in [0, 0.05) is 17.3 Å². The van der Waals surface area contributed by atoms with Crippen molar-refractivity contribution in [2.75, 3.05) is 11.9 Å². The lowest BCUT2D eigenvalue weighted by Gasteiger charge is -2.38. The molecule has 0 spiro atoms. The number of carbonyl (C=O) groups excluding carboxylic acids is 1. The van der Waals surface area contributed by atoms with Crippen molar-refractivity contribution in [2.45, 2.75) is 25.9 Å². The van der Waals surface area contributed by atoms with E-state index in [2.05, 4.69) is 12.2 Å². The van der Waals surface area contributed by atoms with Gasteiger partial charge in [0.05, 0.1) is 5.56 Å². The summed E-state index contributed by atoms with van der Waals surface area (Å²) in [4.78, 5) is 14.7. The van der Waals surface area contributed by atoms with E-state index < -0.39 is 0 Å². The first-order valence-corrected chi connectivity index (χ1v) is 8.00. The van der Waals surface area contributed by atoms with E-state index in [1.807, 2.05) is 53.4 Å². The van der Waals surface area contributed by atoms with Crippen LogP contribution < -0.4 is 5.32 Å². The number of carbonyl (C=O) groups is 1. The number of rotatable bonds is 4. The van der Waals surface area contributed by atoms with Crippen molar-refractivity contribution in [3.63, 3.8) is 0 Å². The molecule has 4 heteroatoms. The average molecular weight is 315 g/mol. The molecule has 1 amide bonds. The number of nitrogens with zero attached hydrogens (tertiary/aromatic N) is 1. The van der Waals surface area contributed by atoms with Crippen LogP contribution in [0.15, 0.2) is 48.5 Å². The summed E-state index contributed by atoms with van der Waals surface area (Å²) < 4.78 is 0. The maximum Gasteiger partial charge on any atom is 0.257 e. The Labute approximate surface area is 135 Å². The Balaban J connectivity index is 1.99. The molecule has 0 saturated heterocycles. The van der Waals surface area contributed by atoms with Crippen molar-refractivity contribution >= 4 is 23.2 Å². The maximum absolute atomic E-state index is 12.8. The highest BCUT2D eigenvalue weighted by Crippen LogP contribution is 2.33. The first-order valence-electron chi connectivity index (χ1n) is 7.62. The van der Waals surface area contributed by atoms with Crippen LogP contribution in [0.25, 0.3) is 0 Å². The molecule has 3 nitrogen and oxygen atoms in total. The van der Waals surface area contributed by atoms with Crippen LogP contribution in [0.1, 0.15) is 41.9 Å². The van der Waals surface area contributed by atoms with Gasteiger partial charge in [-0.25, -0.2) is 0 Å². The van der Waals surface area contributed by atoms with Gasteiger partial charge in [-0.2, -0.15) is 0 Å². The first-order chi connectivity index (χ1) is 10.7. The van der Waals surface area contributed by atoms with E-state index in [-0.39, 0.29) is 12.1 Å². The Morgan fingerprint density at radius 2 is 1.86 bits per heavy atom. The van der Waals surface area contributed by atoms with E-state index in [1.165, 1.54) is 0 Å². The molecule has 0 bridgehead atoms. The minimum atomic E-state index is -0.147. The number of hydrogen-bond donors (Lipinski definition) is 1. The van der Waals surface area contributed by atoms with Gasteiger partial charge >= 0.3 is 0 Å². The Morgan fingerprint density at radius 3 is 2.59 bits per heavy atom. The molecule has 1 N–H and O–H groups in total. The number of halogens is 1. The van der Waals surface area contributed by atoms with Crippen LogP contribution in [0.5, 0.6) is 0 Å². The highest BCUT2D eigenvalue weighted by atomic mass is 35.5. The maximum atomic E-state index is 12.8. The molecule has 0 radical (unpaired) electrons. The number of nitrogens with one attached hydrogen (secondary N) is 1. The van der Waals surface area contributed by atoms with Crippen LogP contribution in [-0.2, 0) is 0 Å². The van der Waals surface area contributed by atoms with Crippen molar-refractivity contribution in [3.8, 4) is 0 Å². The largest absolute Gasteiger partial charge is 0.361 e. The summed E-state index contributed by atoms with van der Waals surface area (Å²) >= 11 is 5.98. The number of unbranched alkanes of at least 4 members (excludes halogenated alkanes) is 1. The molecule has 1 atom stereocenters. The summed E-state index contributed by atoms with van der Waals surface area (Å²) in [6.07, 6.45) is 1.89. The Hall–Kier alpha value is -2.00. The number of hydrogen-bond acceptors (Lipinski definition) is 2. The fourth-order valence-electron chi connectivity index (χ4n) is 2.76. The zero-order valence-electron chi connectivity index (χ0n) is 12.6. The zero-order chi connectivity index (χ0) is 15.5. The molecule has 0 aliphatic carbocycles. The van der Waals surface area contributed by atoms with Crippen molar-refractivity contribution in [1.29, 1.82) is 0 Å². The molecule has 0 aromatic heterocycles. The van der Waals surface area contributed by atoms with Crippen LogP contribution in [0, 0.1) is 0 Å². The Bertz CT molecular complexity index is 669. The zero-order valence-corrected chi connectivity index (χ0v) is 13.3. The Kier molecular flexibility index (Phi) is 4.34. The molecule has 1 unspecified atom stereocenters. The fraction of sp³-hybridized carbons (Fsp3) is 0.278. The molecule has 2 aromatic rings. The van der Waals surface area contributed by atoms with Gasteiger partial charge in [-0.15, -0.1) is 0 Å². The van der Waals surface area contributed by atoms with Gasteiger partial charge < -0.3 is 10.2 Å². The minimum absolute atomic E-state index is 0.0859. The van der Waals surface area contributed by atoms with Crippen LogP contribution >= 0.6 is 11.6 Å². The number of anilines is 1. The van der Waals surface area contributed by atoms with E-state index in [0.717, 1.165) is 36.2 Å². The average Bonchev–Trinajstić information content (AvgIpc) is 2.55. The number of fused-ring (bicyclic) bond motifs is 1. The van der Waals surface area contributed by atoms with Gasteiger partial charge in [-0.1, -0.05) is 49.2 Å². The third kappa shape index (κ3) is 2.81. The molecule has 1 aliphatic heterocycles. The SMILES string of the molecule is CCCCN1C(=O)c2ccccc2NC1c1ccc(Cl)cc1. The summed E-state index contributed by atoms with van der Waals surface area (Å²) in [7, 11) is 0. The summed E-state index contributed by atoms with van der Waals surface area (Å²) in [5.41, 5.74) is 2.67. The van der Waals surface area contributed by atoms with E-state index in [0.29, 0.717) is 5.02 Å². The van der Waals surface area contributed by atoms with Gasteiger partial charge in [0.1, 0.15) is 6.17 Å². The third-order valence-corrected chi connectivity index (χ3v) is 4.21. The summed E-state index contributed by atoms with van der Waals surface area (Å²) in [6.45, 7) is 2.87. The second-order valence-electron chi connectivity index (χ2n) is 5.50. The van der Waals surface area contributed by atoms with Gasteiger partial charge in [-0.05, 0) is 36.2 Å². The van der Waals surface area contributed by atoms with Gasteiger partial charge in [0.25, 0.3) is 5.91 Å². The number of para-hydroxylation sites is 1. The second-order valence-corrected chi connectivity index (χ2v) is 5.93. The molecule has 0 fully saturated rings. The number of amides is 1. The van der Waals surface area contributed by atoms with E-state index >= 15 is 0 Å². The van der Waals surface area contributed by atoms with Crippen molar-refractivity contribution < 1.29 is 4.79 Å². The van der Waals surface area contributed by atoms with Crippen LogP contribution in [0.4, 0.5) is 5.69 Å². The van der Waals surface area contributed by atoms with Crippen LogP contribution in [0.2, 0.25) is 5.02 Å². The predicted molar refractivity (Wildman–Crippen MR) is 90.2 cm³/mol. The van der Waals surface area contributed by atoms with Crippen molar-refractivity contribution in [2.24, 2.45) is 0 Å². The molecular weight excluding hydrogens is 296 g/mol. The van der Waals surface area contributed by atoms with Crippen LogP contribution in [-0.4, -0.2) is 17.4 Å². The highest BCUT2D eigenvalue weighted by Gasteiger charge is 2.32. The normalized spacial score (nSPS) is 17.1. The van der Waals surface area contributed by atoms with Crippen molar-refractivity contribution in [1.82, 2.24) is 4.90 Å². The summed E-state index contributed by atoms with van der Waals surface area (Å²) in [5, 5.41) is 4.18. The minimum Gasteiger partial charge on any atom is -0.361 e.